The highest BCUT2D eigenvalue weighted by Crippen LogP contribution is 2.19. The molecule has 1 heterocycles. The van der Waals surface area contributed by atoms with Crippen LogP contribution in [-0.4, -0.2) is 16.0 Å². The SMILES string of the molecule is Cc1cc(CNC2CC2)nc(Cc2ccccc2F)n1. The number of rotatable bonds is 5. The van der Waals surface area contributed by atoms with E-state index in [1.807, 2.05) is 19.1 Å². The van der Waals surface area contributed by atoms with Gasteiger partial charge in [0.25, 0.3) is 0 Å². The molecule has 0 unspecified atom stereocenters. The van der Waals surface area contributed by atoms with Crippen LogP contribution in [0.4, 0.5) is 4.39 Å². The van der Waals surface area contributed by atoms with Crippen molar-refractivity contribution in [3.05, 3.63) is 58.9 Å². The Hall–Kier alpha value is -1.81. The fourth-order valence-corrected chi connectivity index (χ4v) is 2.22. The standard InChI is InChI=1S/C16H18FN3/c1-11-8-14(10-18-13-6-7-13)20-16(19-11)9-12-4-2-3-5-15(12)17/h2-5,8,13,18H,6-7,9-10H2,1H3. The zero-order valence-electron chi connectivity index (χ0n) is 11.6. The molecule has 0 radical (unpaired) electrons. The lowest BCUT2D eigenvalue weighted by atomic mass is 10.1. The summed E-state index contributed by atoms with van der Waals surface area (Å²) in [7, 11) is 0. The minimum Gasteiger partial charge on any atom is -0.308 e. The summed E-state index contributed by atoms with van der Waals surface area (Å²) in [4.78, 5) is 8.94. The second-order valence-corrected chi connectivity index (χ2v) is 5.34. The van der Waals surface area contributed by atoms with E-state index in [-0.39, 0.29) is 5.82 Å². The van der Waals surface area contributed by atoms with E-state index in [1.165, 1.54) is 18.9 Å². The summed E-state index contributed by atoms with van der Waals surface area (Å²) in [5, 5.41) is 3.44. The smallest absolute Gasteiger partial charge is 0.133 e. The van der Waals surface area contributed by atoms with Gasteiger partial charge < -0.3 is 5.32 Å². The minimum atomic E-state index is -0.199. The van der Waals surface area contributed by atoms with Gasteiger partial charge in [-0.2, -0.15) is 0 Å². The molecule has 3 rings (SSSR count). The molecular weight excluding hydrogens is 253 g/mol. The number of aromatic nitrogens is 2. The lowest BCUT2D eigenvalue weighted by Gasteiger charge is -2.07. The van der Waals surface area contributed by atoms with Gasteiger partial charge in [0.1, 0.15) is 11.6 Å². The van der Waals surface area contributed by atoms with Crippen LogP contribution in [0.5, 0.6) is 0 Å². The lowest BCUT2D eigenvalue weighted by Crippen LogP contribution is -2.17. The van der Waals surface area contributed by atoms with E-state index >= 15 is 0 Å². The summed E-state index contributed by atoms with van der Waals surface area (Å²) in [5.74, 6) is 0.484. The molecule has 3 nitrogen and oxygen atoms in total. The molecule has 4 heteroatoms. The fraction of sp³-hybridized carbons (Fsp3) is 0.375. The molecule has 2 aromatic rings. The monoisotopic (exact) mass is 271 g/mol. The van der Waals surface area contributed by atoms with E-state index in [2.05, 4.69) is 15.3 Å². The summed E-state index contributed by atoms with van der Waals surface area (Å²) in [6.07, 6.45) is 2.95. The van der Waals surface area contributed by atoms with E-state index in [9.17, 15) is 4.39 Å². The van der Waals surface area contributed by atoms with Crippen LogP contribution in [-0.2, 0) is 13.0 Å². The molecule has 0 saturated heterocycles. The third kappa shape index (κ3) is 3.39. The number of benzene rings is 1. The number of halogens is 1. The highest BCUT2D eigenvalue weighted by molar-refractivity contribution is 5.22. The Bertz CT molecular complexity index is 608. The highest BCUT2D eigenvalue weighted by atomic mass is 19.1. The Kier molecular flexibility index (Phi) is 3.74. The molecule has 1 aliphatic rings. The summed E-state index contributed by atoms with van der Waals surface area (Å²) in [6, 6.07) is 9.43. The van der Waals surface area contributed by atoms with Crippen molar-refractivity contribution in [3.8, 4) is 0 Å². The van der Waals surface area contributed by atoms with E-state index < -0.39 is 0 Å². The highest BCUT2D eigenvalue weighted by Gasteiger charge is 2.20. The van der Waals surface area contributed by atoms with Gasteiger partial charge in [-0.25, -0.2) is 14.4 Å². The van der Waals surface area contributed by atoms with Crippen LogP contribution in [0.25, 0.3) is 0 Å². The molecular formula is C16H18FN3. The molecule has 1 aromatic heterocycles. The van der Waals surface area contributed by atoms with Crippen molar-refractivity contribution in [2.24, 2.45) is 0 Å². The number of nitrogens with one attached hydrogen (secondary N) is 1. The summed E-state index contributed by atoms with van der Waals surface area (Å²) in [6.45, 7) is 2.71. The predicted octanol–water partition coefficient (Wildman–Crippen LogP) is 2.77. The first-order valence-corrected chi connectivity index (χ1v) is 7.01. The van der Waals surface area contributed by atoms with Gasteiger partial charge in [-0.3, -0.25) is 0 Å². The predicted molar refractivity (Wildman–Crippen MR) is 75.8 cm³/mol. The maximum Gasteiger partial charge on any atom is 0.133 e. The van der Waals surface area contributed by atoms with Crippen molar-refractivity contribution < 1.29 is 4.39 Å². The van der Waals surface area contributed by atoms with Crippen LogP contribution < -0.4 is 5.32 Å². The van der Waals surface area contributed by atoms with Crippen molar-refractivity contribution in [3.63, 3.8) is 0 Å². The molecule has 0 atom stereocenters. The van der Waals surface area contributed by atoms with Gasteiger partial charge in [0.15, 0.2) is 0 Å². The molecule has 1 aliphatic carbocycles. The average molecular weight is 271 g/mol. The molecule has 1 N–H and O–H groups in total. The Morgan fingerprint density at radius 2 is 2.05 bits per heavy atom. The van der Waals surface area contributed by atoms with Crippen LogP contribution >= 0.6 is 0 Å². The number of aryl methyl sites for hydroxylation is 1. The van der Waals surface area contributed by atoms with Crippen LogP contribution in [0.15, 0.2) is 30.3 Å². The van der Waals surface area contributed by atoms with Crippen LogP contribution in [0.2, 0.25) is 0 Å². The second-order valence-electron chi connectivity index (χ2n) is 5.34. The van der Waals surface area contributed by atoms with E-state index in [0.29, 0.717) is 23.9 Å². The van der Waals surface area contributed by atoms with E-state index in [4.69, 9.17) is 0 Å². The molecule has 0 spiro atoms. The summed E-state index contributed by atoms with van der Waals surface area (Å²) in [5.41, 5.74) is 2.55. The molecule has 1 fully saturated rings. The molecule has 1 saturated carbocycles. The third-order valence-electron chi connectivity index (χ3n) is 3.41. The summed E-state index contributed by atoms with van der Waals surface area (Å²) < 4.78 is 13.7. The zero-order chi connectivity index (χ0) is 13.9. The van der Waals surface area contributed by atoms with Crippen LogP contribution in [0, 0.1) is 12.7 Å². The van der Waals surface area contributed by atoms with Gasteiger partial charge in [0, 0.05) is 24.7 Å². The first kappa shape index (κ1) is 13.2. The molecule has 104 valence electrons. The van der Waals surface area contributed by atoms with E-state index in [1.54, 1.807) is 12.1 Å². The Morgan fingerprint density at radius 1 is 1.25 bits per heavy atom. The Labute approximate surface area is 118 Å². The zero-order valence-corrected chi connectivity index (χ0v) is 11.6. The lowest BCUT2D eigenvalue weighted by molar-refractivity contribution is 0.611. The maximum atomic E-state index is 13.7. The number of hydrogen-bond donors (Lipinski definition) is 1. The van der Waals surface area contributed by atoms with Gasteiger partial charge in [0.05, 0.1) is 5.69 Å². The quantitative estimate of drug-likeness (QED) is 0.908. The Morgan fingerprint density at radius 3 is 2.80 bits per heavy atom. The normalized spacial score (nSPS) is 14.5. The third-order valence-corrected chi connectivity index (χ3v) is 3.41. The van der Waals surface area contributed by atoms with Crippen molar-refractivity contribution in [2.75, 3.05) is 0 Å². The second kappa shape index (κ2) is 5.67. The van der Waals surface area contributed by atoms with Crippen LogP contribution in [0.3, 0.4) is 0 Å². The van der Waals surface area contributed by atoms with Crippen molar-refractivity contribution >= 4 is 0 Å². The first-order chi connectivity index (χ1) is 9.70. The largest absolute Gasteiger partial charge is 0.308 e. The van der Waals surface area contributed by atoms with Crippen LogP contribution in [0.1, 0.15) is 35.6 Å². The van der Waals surface area contributed by atoms with Crippen molar-refractivity contribution in [1.82, 2.24) is 15.3 Å². The summed E-state index contributed by atoms with van der Waals surface area (Å²) >= 11 is 0. The van der Waals surface area contributed by atoms with Gasteiger partial charge in [-0.15, -0.1) is 0 Å². The van der Waals surface area contributed by atoms with Gasteiger partial charge >= 0.3 is 0 Å². The molecule has 0 amide bonds. The Balaban J connectivity index is 1.76. The van der Waals surface area contributed by atoms with Crippen molar-refractivity contribution in [1.29, 1.82) is 0 Å². The average Bonchev–Trinajstić information content (AvgIpc) is 3.23. The van der Waals surface area contributed by atoms with Crippen molar-refractivity contribution in [2.45, 2.75) is 38.8 Å². The molecule has 0 bridgehead atoms. The first-order valence-electron chi connectivity index (χ1n) is 7.01. The number of nitrogens with zero attached hydrogens (tertiary/aromatic N) is 2. The molecule has 0 aliphatic heterocycles. The molecule has 1 aromatic carbocycles. The topological polar surface area (TPSA) is 37.8 Å². The number of hydrogen-bond acceptors (Lipinski definition) is 3. The molecule has 20 heavy (non-hydrogen) atoms. The maximum absolute atomic E-state index is 13.7. The fourth-order valence-electron chi connectivity index (χ4n) is 2.22. The minimum absolute atomic E-state index is 0.199. The van der Waals surface area contributed by atoms with Gasteiger partial charge in [-0.1, -0.05) is 18.2 Å². The van der Waals surface area contributed by atoms with Gasteiger partial charge in [-0.05, 0) is 37.5 Å². The van der Waals surface area contributed by atoms with Gasteiger partial charge in [0.2, 0.25) is 0 Å². The van der Waals surface area contributed by atoms with E-state index in [0.717, 1.165) is 17.9 Å².